The third-order valence-electron chi connectivity index (χ3n) is 13.0. The smallest absolute Gasteiger partial charge is 0.329 e. The van der Waals surface area contributed by atoms with Gasteiger partial charge in [-0.1, -0.05) is 0 Å². The monoisotopic (exact) mass is 929 g/mol. The van der Waals surface area contributed by atoms with Crippen molar-refractivity contribution in [2.45, 2.75) is 56.7 Å². The number of amides is 3. The Labute approximate surface area is 378 Å². The lowest BCUT2D eigenvalue weighted by Crippen LogP contribution is -2.49. The Morgan fingerprint density at radius 2 is 1.76 bits per heavy atom. The van der Waals surface area contributed by atoms with Crippen LogP contribution in [0.4, 0.5) is 30.8 Å². The molecule has 2 atom stereocenters. The minimum atomic E-state index is -4.10. The lowest BCUT2D eigenvalue weighted by atomic mass is 10.0. The summed E-state index contributed by atoms with van der Waals surface area (Å²) >= 11 is 0. The third kappa shape index (κ3) is 8.88. The zero-order chi connectivity index (χ0) is 46.3. The number of rotatable bonds is 10. The van der Waals surface area contributed by atoms with Crippen LogP contribution in [-0.2, 0) is 31.5 Å². The van der Waals surface area contributed by atoms with Crippen molar-refractivity contribution in [3.63, 3.8) is 0 Å². The molecule has 0 radical (unpaired) electrons. The summed E-state index contributed by atoms with van der Waals surface area (Å²) in [5.41, 5.74) is 0.621. The first-order chi connectivity index (χ1) is 31.8. The van der Waals surface area contributed by atoms with Crippen LogP contribution in [0.2, 0.25) is 0 Å². The summed E-state index contributed by atoms with van der Waals surface area (Å²) in [6.45, 7) is 3.92. The van der Waals surface area contributed by atoms with E-state index >= 15 is 8.78 Å². The number of carbonyl (C=O) groups is 2. The standard InChI is InChI=1S/C44H49F2N11O8S/c1-52-38-22-39(35(46)21-32(38)42(50-52)56-17-12-40(58)49-44(56)60)54-14-9-27(10-15-54)53-13-3-4-28(25-64-19-18-53)57-26-48-36-7-5-29(20-31(36)43(57)59)65-41-33(23-47)37(8-6-34(41)45)51-66(61,62)55-16-11-30(24-55)63-2/h5-8,20-22,26-28,30,51H,3-4,9-19,24-25H2,1-2H3,(H,49,58,60)/t28-,30-/m1/s1. The Bertz CT molecular complexity index is 2920. The molecule has 0 bridgehead atoms. The number of hydrogen-bond acceptors (Lipinski definition) is 13. The quantitative estimate of drug-likeness (QED) is 0.200. The average molecular weight is 930 g/mol. The molecule has 2 aromatic heterocycles. The van der Waals surface area contributed by atoms with E-state index in [1.54, 1.807) is 28.4 Å². The van der Waals surface area contributed by atoms with Crippen LogP contribution in [-0.4, -0.2) is 127 Å². The van der Waals surface area contributed by atoms with Crippen LogP contribution in [0.1, 0.15) is 50.1 Å². The van der Waals surface area contributed by atoms with Crippen LogP contribution in [0.15, 0.2) is 53.6 Å². The lowest BCUT2D eigenvalue weighted by Gasteiger charge is -2.39. The molecular weight excluding hydrogens is 881 g/mol. The summed E-state index contributed by atoms with van der Waals surface area (Å²) in [4.78, 5) is 48.7. The van der Waals surface area contributed by atoms with Gasteiger partial charge in [0.05, 0.1) is 59.5 Å². The third-order valence-corrected chi connectivity index (χ3v) is 14.4. The molecule has 0 saturated carbocycles. The maximum absolute atomic E-state index is 15.8. The number of anilines is 3. The van der Waals surface area contributed by atoms with Gasteiger partial charge in [0, 0.05) is 71.3 Å². The van der Waals surface area contributed by atoms with Crippen molar-refractivity contribution >= 4 is 61.1 Å². The van der Waals surface area contributed by atoms with Gasteiger partial charge >= 0.3 is 16.2 Å². The zero-order valence-electron chi connectivity index (χ0n) is 36.4. The van der Waals surface area contributed by atoms with Gasteiger partial charge in [-0.15, -0.1) is 0 Å². The number of nitrogens with one attached hydrogen (secondary N) is 2. The molecule has 4 saturated heterocycles. The van der Waals surface area contributed by atoms with Crippen molar-refractivity contribution in [3.8, 4) is 17.6 Å². The Kier molecular flexibility index (Phi) is 12.6. The molecule has 66 heavy (non-hydrogen) atoms. The normalized spacial score (nSPS) is 20.8. The Morgan fingerprint density at radius 3 is 2.52 bits per heavy atom. The second-order valence-corrected chi connectivity index (χ2v) is 18.6. The number of halogens is 2. The topological polar surface area (TPSA) is 209 Å². The predicted octanol–water partition coefficient (Wildman–Crippen LogP) is 4.37. The molecule has 3 amide bonds. The Hall–Kier alpha value is -6.25. The highest BCUT2D eigenvalue weighted by atomic mass is 32.2. The fraction of sp³-hybridized carbons (Fsp3) is 0.455. The van der Waals surface area contributed by atoms with E-state index in [2.05, 4.69) is 25.0 Å². The van der Waals surface area contributed by atoms with Gasteiger partial charge in [-0.3, -0.25) is 38.7 Å². The number of benzene rings is 3. The minimum Gasteiger partial charge on any atom is -0.453 e. The summed E-state index contributed by atoms with van der Waals surface area (Å²) in [5, 5.41) is 17.6. The first-order valence-corrected chi connectivity index (χ1v) is 23.3. The molecule has 5 aromatic rings. The van der Waals surface area contributed by atoms with Crippen molar-refractivity contribution in [1.82, 2.24) is 33.9 Å². The van der Waals surface area contributed by atoms with Gasteiger partial charge in [0.1, 0.15) is 23.2 Å². The molecule has 3 aromatic carbocycles. The van der Waals surface area contributed by atoms with Crippen LogP contribution in [0.25, 0.3) is 21.8 Å². The predicted molar refractivity (Wildman–Crippen MR) is 239 cm³/mol. The molecule has 4 fully saturated rings. The lowest BCUT2D eigenvalue weighted by molar-refractivity contribution is -0.120. The van der Waals surface area contributed by atoms with Gasteiger partial charge in [-0.25, -0.2) is 18.6 Å². The number of methoxy groups -OCH3 is 1. The number of piperidine rings is 1. The first-order valence-electron chi connectivity index (χ1n) is 21.9. The van der Waals surface area contributed by atoms with Crippen LogP contribution >= 0.6 is 0 Å². The van der Waals surface area contributed by atoms with Crippen LogP contribution in [0.3, 0.4) is 0 Å². The summed E-state index contributed by atoms with van der Waals surface area (Å²) in [6, 6.07) is 11.0. The van der Waals surface area contributed by atoms with E-state index in [4.69, 9.17) is 14.2 Å². The number of aryl methyl sites for hydroxylation is 1. The highest BCUT2D eigenvalue weighted by Gasteiger charge is 2.34. The number of urea groups is 1. The maximum Gasteiger partial charge on any atom is 0.329 e. The largest absolute Gasteiger partial charge is 0.453 e. The van der Waals surface area contributed by atoms with E-state index in [0.717, 1.165) is 37.9 Å². The summed E-state index contributed by atoms with van der Waals surface area (Å²) in [6.07, 6.45) is 4.84. The van der Waals surface area contributed by atoms with Crippen molar-refractivity contribution in [3.05, 3.63) is 76.3 Å². The molecule has 4 aliphatic rings. The Balaban J connectivity index is 0.847. The molecule has 9 rings (SSSR count). The van der Waals surface area contributed by atoms with Gasteiger partial charge in [0.15, 0.2) is 17.4 Å². The first kappa shape index (κ1) is 44.9. The SMILES string of the molecule is CO[C@@H]1CCN(S(=O)(=O)Nc2ccc(F)c(Oc3ccc4ncn([C@@H]5CCCN(C6CCN(c7cc8c(cc7F)c(N7CCC(=O)NC7=O)nn8C)CC6)CCOC5)c(=O)c4c3)c2C#N)C1. The maximum atomic E-state index is 15.8. The molecular formula is C44H49F2N11O8S. The number of ether oxygens (including phenoxy) is 3. The summed E-state index contributed by atoms with van der Waals surface area (Å²) in [5.74, 6) is -1.83. The minimum absolute atomic E-state index is 0.0434. The van der Waals surface area contributed by atoms with Crippen LogP contribution in [0.5, 0.6) is 11.5 Å². The molecule has 6 heterocycles. The number of hydrogen-bond donors (Lipinski definition) is 2. The zero-order valence-corrected chi connectivity index (χ0v) is 37.2. The summed E-state index contributed by atoms with van der Waals surface area (Å²) in [7, 11) is -0.859. The van der Waals surface area contributed by atoms with Crippen molar-refractivity contribution in [2.24, 2.45) is 7.05 Å². The number of fused-ring (bicyclic) bond motifs is 2. The molecule has 0 aliphatic carbocycles. The fourth-order valence-electron chi connectivity index (χ4n) is 9.36. The van der Waals surface area contributed by atoms with Gasteiger partial charge in [-0.2, -0.15) is 23.1 Å². The van der Waals surface area contributed by atoms with E-state index in [0.29, 0.717) is 67.0 Å². The van der Waals surface area contributed by atoms with Gasteiger partial charge < -0.3 is 19.1 Å². The molecule has 19 nitrogen and oxygen atoms in total. The molecule has 0 spiro atoms. The van der Waals surface area contributed by atoms with E-state index in [1.807, 2.05) is 11.0 Å². The van der Waals surface area contributed by atoms with E-state index < -0.39 is 33.6 Å². The number of aromatic nitrogens is 4. The van der Waals surface area contributed by atoms with E-state index in [1.165, 1.54) is 40.8 Å². The molecule has 22 heteroatoms. The number of imide groups is 1. The second kappa shape index (κ2) is 18.6. The summed E-state index contributed by atoms with van der Waals surface area (Å²) < 4.78 is 81.5. The van der Waals surface area contributed by atoms with Crippen LogP contribution in [0, 0.1) is 23.0 Å². The van der Waals surface area contributed by atoms with Crippen LogP contribution < -0.4 is 30.1 Å². The fourth-order valence-corrected chi connectivity index (χ4v) is 10.6. The molecule has 2 N–H and O–H groups in total. The number of nitriles is 1. The van der Waals surface area contributed by atoms with Crippen molar-refractivity contribution in [1.29, 1.82) is 5.26 Å². The van der Waals surface area contributed by atoms with Crippen molar-refractivity contribution in [2.75, 3.05) is 80.7 Å². The second-order valence-electron chi connectivity index (χ2n) is 16.9. The van der Waals surface area contributed by atoms with Gasteiger partial charge in [-0.05, 0) is 81.1 Å². The van der Waals surface area contributed by atoms with E-state index in [-0.39, 0.29) is 84.7 Å². The molecule has 4 aliphatic heterocycles. The number of nitrogens with zero attached hydrogens (tertiary/aromatic N) is 9. The average Bonchev–Trinajstić information content (AvgIpc) is 3.95. The highest BCUT2D eigenvalue weighted by molar-refractivity contribution is 7.90. The van der Waals surface area contributed by atoms with E-state index in [9.17, 15) is 28.1 Å². The Morgan fingerprint density at radius 1 is 0.939 bits per heavy atom. The molecule has 348 valence electrons. The molecule has 0 unspecified atom stereocenters. The van der Waals surface area contributed by atoms with Gasteiger partial charge in [0.2, 0.25) is 5.91 Å². The van der Waals surface area contributed by atoms with Gasteiger partial charge in [0.25, 0.3) is 5.56 Å². The van der Waals surface area contributed by atoms with Crippen molar-refractivity contribution < 1.29 is 41.0 Å². The number of carbonyl (C=O) groups excluding carboxylic acids is 2. The highest BCUT2D eigenvalue weighted by Crippen LogP contribution is 2.36.